The van der Waals surface area contributed by atoms with Crippen molar-refractivity contribution in [2.24, 2.45) is 5.92 Å². The van der Waals surface area contributed by atoms with Gasteiger partial charge in [0.15, 0.2) is 0 Å². The average Bonchev–Trinajstić information content (AvgIpc) is 3.14. The number of rotatable bonds is 3. The van der Waals surface area contributed by atoms with Gasteiger partial charge >= 0.3 is 0 Å². The van der Waals surface area contributed by atoms with E-state index in [-0.39, 0.29) is 23.8 Å². The van der Waals surface area contributed by atoms with Crippen LogP contribution in [0.4, 0.5) is 0 Å². The lowest BCUT2D eigenvalue weighted by molar-refractivity contribution is -0.142. The van der Waals surface area contributed by atoms with E-state index in [0.29, 0.717) is 13.1 Å². The van der Waals surface area contributed by atoms with Crippen molar-refractivity contribution in [3.05, 3.63) is 29.8 Å². The molecule has 3 rings (SSSR count). The van der Waals surface area contributed by atoms with Crippen molar-refractivity contribution in [2.75, 3.05) is 20.2 Å². The molecule has 1 aromatic rings. The number of benzene rings is 1. The maximum Gasteiger partial charge on any atom is 0.226 e. The predicted molar refractivity (Wildman–Crippen MR) is 66.4 cm³/mol. The van der Waals surface area contributed by atoms with Crippen LogP contribution in [0.3, 0.4) is 0 Å². The minimum atomic E-state index is -0.322. The van der Waals surface area contributed by atoms with Crippen LogP contribution in [-0.2, 0) is 4.79 Å². The van der Waals surface area contributed by atoms with Crippen molar-refractivity contribution in [1.29, 1.82) is 0 Å². The maximum atomic E-state index is 12.1. The highest BCUT2D eigenvalue weighted by Gasteiger charge is 2.48. The van der Waals surface area contributed by atoms with Crippen LogP contribution in [0, 0.1) is 5.92 Å². The van der Waals surface area contributed by atoms with Gasteiger partial charge in [-0.15, -0.1) is 0 Å². The molecule has 1 saturated carbocycles. The molecule has 2 atom stereocenters. The molecule has 4 nitrogen and oxygen atoms in total. The van der Waals surface area contributed by atoms with Crippen LogP contribution in [0.1, 0.15) is 17.9 Å². The number of methoxy groups -OCH3 is 1. The van der Waals surface area contributed by atoms with E-state index >= 15 is 0 Å². The van der Waals surface area contributed by atoms with Gasteiger partial charge in [0.2, 0.25) is 5.91 Å². The molecule has 1 N–H and O–H groups in total. The zero-order valence-electron chi connectivity index (χ0n) is 10.4. The molecule has 1 saturated heterocycles. The van der Waals surface area contributed by atoms with E-state index in [1.165, 1.54) is 0 Å². The second-order valence-electron chi connectivity index (χ2n) is 5.09. The monoisotopic (exact) mass is 247 g/mol. The number of hydrogen-bond donors (Lipinski definition) is 1. The predicted octanol–water partition coefficient (Wildman–Crippen LogP) is 1.00. The number of aliphatic hydroxyl groups is 1. The van der Waals surface area contributed by atoms with Crippen molar-refractivity contribution in [3.63, 3.8) is 0 Å². The van der Waals surface area contributed by atoms with Gasteiger partial charge in [-0.2, -0.15) is 0 Å². The Labute approximate surface area is 106 Å². The fourth-order valence-corrected chi connectivity index (χ4v) is 2.65. The first-order valence-corrected chi connectivity index (χ1v) is 6.30. The molecule has 0 bridgehead atoms. The SMILES string of the molecule is COc1ccccc1C1CC1C(=O)N1CC(O)C1. The van der Waals surface area contributed by atoms with Crippen LogP contribution in [0.2, 0.25) is 0 Å². The van der Waals surface area contributed by atoms with Gasteiger partial charge in [-0.05, 0) is 24.0 Å². The molecule has 2 aliphatic rings. The molecule has 0 spiro atoms. The van der Waals surface area contributed by atoms with Crippen LogP contribution in [0.5, 0.6) is 5.75 Å². The molecule has 1 aliphatic carbocycles. The normalized spacial score (nSPS) is 26.7. The number of hydrogen-bond acceptors (Lipinski definition) is 3. The third kappa shape index (κ3) is 1.86. The van der Waals surface area contributed by atoms with Gasteiger partial charge < -0.3 is 14.7 Å². The second kappa shape index (κ2) is 4.28. The fraction of sp³-hybridized carbons (Fsp3) is 0.500. The highest BCUT2D eigenvalue weighted by atomic mass is 16.5. The van der Waals surface area contributed by atoms with Crippen LogP contribution in [-0.4, -0.2) is 42.2 Å². The van der Waals surface area contributed by atoms with Gasteiger partial charge in [-0.3, -0.25) is 4.79 Å². The van der Waals surface area contributed by atoms with Crippen molar-refractivity contribution in [1.82, 2.24) is 4.90 Å². The Morgan fingerprint density at radius 1 is 1.39 bits per heavy atom. The van der Waals surface area contributed by atoms with E-state index in [1.807, 2.05) is 24.3 Å². The summed E-state index contributed by atoms with van der Waals surface area (Å²) in [5, 5.41) is 9.22. The summed E-state index contributed by atoms with van der Waals surface area (Å²) in [6, 6.07) is 7.88. The first-order valence-electron chi connectivity index (χ1n) is 6.30. The van der Waals surface area contributed by atoms with Crippen molar-refractivity contribution >= 4 is 5.91 Å². The van der Waals surface area contributed by atoms with Gasteiger partial charge in [0.1, 0.15) is 5.75 Å². The lowest BCUT2D eigenvalue weighted by atomic mass is 10.1. The highest BCUT2D eigenvalue weighted by molar-refractivity contribution is 5.84. The highest BCUT2D eigenvalue weighted by Crippen LogP contribution is 2.51. The van der Waals surface area contributed by atoms with Crippen LogP contribution >= 0.6 is 0 Å². The largest absolute Gasteiger partial charge is 0.496 e. The number of amides is 1. The van der Waals surface area contributed by atoms with E-state index in [0.717, 1.165) is 17.7 Å². The fourth-order valence-electron chi connectivity index (χ4n) is 2.65. The van der Waals surface area contributed by atoms with Crippen LogP contribution < -0.4 is 4.74 Å². The first-order chi connectivity index (χ1) is 8.70. The Kier molecular flexibility index (Phi) is 2.74. The quantitative estimate of drug-likeness (QED) is 0.867. The number of carbonyl (C=O) groups is 1. The summed E-state index contributed by atoms with van der Waals surface area (Å²) >= 11 is 0. The number of para-hydroxylation sites is 1. The van der Waals surface area contributed by atoms with E-state index < -0.39 is 0 Å². The van der Waals surface area contributed by atoms with Crippen molar-refractivity contribution in [3.8, 4) is 5.75 Å². The van der Waals surface area contributed by atoms with Crippen LogP contribution in [0.15, 0.2) is 24.3 Å². The topological polar surface area (TPSA) is 49.8 Å². The number of likely N-dealkylation sites (tertiary alicyclic amines) is 1. The Balaban J connectivity index is 1.68. The zero-order chi connectivity index (χ0) is 12.7. The van der Waals surface area contributed by atoms with E-state index in [9.17, 15) is 9.90 Å². The number of carbonyl (C=O) groups excluding carboxylic acids is 1. The van der Waals surface area contributed by atoms with Crippen LogP contribution in [0.25, 0.3) is 0 Å². The lowest BCUT2D eigenvalue weighted by Crippen LogP contribution is -2.54. The standard InChI is InChI=1S/C14H17NO3/c1-18-13-5-3-2-4-10(13)11-6-12(11)14(17)15-7-9(16)8-15/h2-5,9,11-12,16H,6-8H2,1H3. The van der Waals surface area contributed by atoms with Crippen molar-refractivity contribution in [2.45, 2.75) is 18.4 Å². The summed E-state index contributed by atoms with van der Waals surface area (Å²) in [5.41, 5.74) is 1.12. The molecular formula is C14H17NO3. The van der Waals surface area contributed by atoms with Gasteiger partial charge in [0.25, 0.3) is 0 Å². The van der Waals surface area contributed by atoms with Gasteiger partial charge in [0, 0.05) is 19.0 Å². The van der Waals surface area contributed by atoms with E-state index in [4.69, 9.17) is 4.74 Å². The minimum Gasteiger partial charge on any atom is -0.496 e. The van der Waals surface area contributed by atoms with Gasteiger partial charge in [-0.25, -0.2) is 0 Å². The molecule has 96 valence electrons. The Morgan fingerprint density at radius 3 is 2.78 bits per heavy atom. The maximum absolute atomic E-state index is 12.1. The van der Waals surface area contributed by atoms with E-state index in [1.54, 1.807) is 12.0 Å². The van der Waals surface area contributed by atoms with Crippen molar-refractivity contribution < 1.29 is 14.6 Å². The number of β-amino-alcohol motifs (C(OH)–C–C–N with tert-alkyl or cyclic N) is 1. The summed E-state index contributed by atoms with van der Waals surface area (Å²) in [6.07, 6.45) is 0.573. The van der Waals surface area contributed by atoms with Gasteiger partial charge in [0.05, 0.1) is 13.2 Å². The summed E-state index contributed by atoms with van der Waals surface area (Å²) in [7, 11) is 1.66. The molecule has 1 aliphatic heterocycles. The number of nitrogens with zero attached hydrogens (tertiary/aromatic N) is 1. The molecule has 2 unspecified atom stereocenters. The summed E-state index contributed by atoms with van der Waals surface area (Å²) in [6.45, 7) is 0.988. The second-order valence-corrected chi connectivity index (χ2v) is 5.09. The molecule has 1 aromatic carbocycles. The average molecular weight is 247 g/mol. The Bertz CT molecular complexity index is 468. The molecule has 4 heteroatoms. The molecular weight excluding hydrogens is 230 g/mol. The summed E-state index contributed by atoms with van der Waals surface area (Å²) in [4.78, 5) is 13.8. The molecule has 0 aromatic heterocycles. The molecule has 0 radical (unpaired) electrons. The number of aliphatic hydroxyl groups excluding tert-OH is 1. The third-order valence-electron chi connectivity index (χ3n) is 3.82. The Morgan fingerprint density at radius 2 is 2.11 bits per heavy atom. The first kappa shape index (κ1) is 11.5. The third-order valence-corrected chi connectivity index (χ3v) is 3.82. The molecule has 1 heterocycles. The molecule has 1 amide bonds. The molecule has 18 heavy (non-hydrogen) atoms. The molecule has 2 fully saturated rings. The zero-order valence-corrected chi connectivity index (χ0v) is 10.4. The lowest BCUT2D eigenvalue weighted by Gasteiger charge is -2.36. The van der Waals surface area contributed by atoms with E-state index in [2.05, 4.69) is 0 Å². The van der Waals surface area contributed by atoms with Gasteiger partial charge in [-0.1, -0.05) is 18.2 Å². The number of ether oxygens (including phenoxy) is 1. The smallest absolute Gasteiger partial charge is 0.226 e. The summed E-state index contributed by atoms with van der Waals surface area (Å²) < 4.78 is 5.33. The summed E-state index contributed by atoms with van der Waals surface area (Å²) in [5.74, 6) is 1.40. The minimum absolute atomic E-state index is 0.0776. The Hall–Kier alpha value is -1.55.